The zero-order valence-corrected chi connectivity index (χ0v) is 11.9. The van der Waals surface area contributed by atoms with Crippen molar-refractivity contribution >= 4 is 0 Å². The molecule has 0 aliphatic carbocycles. The molecule has 1 N–H and O–H groups in total. The molecule has 0 amide bonds. The van der Waals surface area contributed by atoms with Gasteiger partial charge in [0.15, 0.2) is 0 Å². The van der Waals surface area contributed by atoms with Crippen molar-refractivity contribution in [2.75, 3.05) is 20.3 Å². The number of hydrogen-bond acceptors (Lipinski definition) is 4. The van der Waals surface area contributed by atoms with E-state index < -0.39 is 0 Å². The molecule has 1 atom stereocenters. The minimum atomic E-state index is 0.241. The third-order valence-corrected chi connectivity index (χ3v) is 3.00. The number of nitrogens with zero attached hydrogens (tertiary/aromatic N) is 1. The predicted molar refractivity (Wildman–Crippen MR) is 79.1 cm³/mol. The van der Waals surface area contributed by atoms with E-state index in [4.69, 9.17) is 9.47 Å². The van der Waals surface area contributed by atoms with Crippen molar-refractivity contribution in [1.29, 1.82) is 0 Å². The number of benzene rings is 1. The predicted octanol–water partition coefficient (Wildman–Crippen LogP) is 2.82. The van der Waals surface area contributed by atoms with Crippen LogP contribution in [0.4, 0.5) is 0 Å². The van der Waals surface area contributed by atoms with Crippen molar-refractivity contribution in [3.63, 3.8) is 0 Å². The van der Waals surface area contributed by atoms with Crippen LogP contribution in [0.2, 0.25) is 0 Å². The SMILES string of the molecule is CNC(C)c1ccc(OCCOc2ccccc2)cn1. The van der Waals surface area contributed by atoms with E-state index in [0.29, 0.717) is 13.2 Å². The van der Waals surface area contributed by atoms with Crippen molar-refractivity contribution in [3.8, 4) is 11.5 Å². The normalized spacial score (nSPS) is 11.9. The molecule has 0 fully saturated rings. The van der Waals surface area contributed by atoms with Gasteiger partial charge in [0.2, 0.25) is 0 Å². The van der Waals surface area contributed by atoms with Gasteiger partial charge in [-0.05, 0) is 38.2 Å². The molecule has 0 aliphatic rings. The van der Waals surface area contributed by atoms with Gasteiger partial charge in [-0.15, -0.1) is 0 Å². The lowest BCUT2D eigenvalue weighted by Gasteiger charge is -2.11. The summed E-state index contributed by atoms with van der Waals surface area (Å²) < 4.78 is 11.1. The molecule has 2 rings (SSSR count). The Labute approximate surface area is 119 Å². The summed E-state index contributed by atoms with van der Waals surface area (Å²) in [6.45, 7) is 3.08. The average Bonchev–Trinajstić information content (AvgIpc) is 2.52. The molecule has 0 saturated carbocycles. The number of ether oxygens (including phenoxy) is 2. The molecule has 1 heterocycles. The maximum absolute atomic E-state index is 5.59. The Morgan fingerprint density at radius 3 is 2.30 bits per heavy atom. The Morgan fingerprint density at radius 2 is 1.70 bits per heavy atom. The van der Waals surface area contributed by atoms with Crippen molar-refractivity contribution in [3.05, 3.63) is 54.4 Å². The van der Waals surface area contributed by atoms with Gasteiger partial charge in [-0.25, -0.2) is 0 Å². The quantitative estimate of drug-likeness (QED) is 0.787. The molecule has 1 aromatic heterocycles. The van der Waals surface area contributed by atoms with E-state index in [0.717, 1.165) is 17.2 Å². The third kappa shape index (κ3) is 4.24. The van der Waals surface area contributed by atoms with Gasteiger partial charge in [-0.3, -0.25) is 4.98 Å². The van der Waals surface area contributed by atoms with Crippen LogP contribution in [0.3, 0.4) is 0 Å². The zero-order chi connectivity index (χ0) is 14.2. The number of nitrogens with one attached hydrogen (secondary N) is 1. The molecular weight excluding hydrogens is 252 g/mol. The van der Waals surface area contributed by atoms with Gasteiger partial charge in [0.05, 0.1) is 11.9 Å². The number of hydrogen-bond donors (Lipinski definition) is 1. The summed E-state index contributed by atoms with van der Waals surface area (Å²) in [5.41, 5.74) is 1.00. The van der Waals surface area contributed by atoms with Crippen molar-refractivity contribution in [2.45, 2.75) is 13.0 Å². The summed E-state index contributed by atoms with van der Waals surface area (Å²) in [7, 11) is 1.91. The third-order valence-electron chi connectivity index (χ3n) is 3.00. The summed E-state index contributed by atoms with van der Waals surface area (Å²) in [6.07, 6.45) is 1.74. The fourth-order valence-electron chi connectivity index (χ4n) is 1.72. The summed E-state index contributed by atoms with van der Waals surface area (Å²) in [5.74, 6) is 1.61. The summed E-state index contributed by atoms with van der Waals surface area (Å²) in [4.78, 5) is 4.36. The van der Waals surface area contributed by atoms with Crippen molar-refractivity contribution < 1.29 is 9.47 Å². The minimum absolute atomic E-state index is 0.241. The first-order valence-corrected chi connectivity index (χ1v) is 6.73. The van der Waals surface area contributed by atoms with Crippen LogP contribution in [-0.4, -0.2) is 25.2 Å². The van der Waals surface area contributed by atoms with Gasteiger partial charge in [0.25, 0.3) is 0 Å². The fourth-order valence-corrected chi connectivity index (χ4v) is 1.72. The summed E-state index contributed by atoms with van der Waals surface area (Å²) >= 11 is 0. The van der Waals surface area contributed by atoms with Crippen LogP contribution in [0.5, 0.6) is 11.5 Å². The first-order chi connectivity index (χ1) is 9.79. The Morgan fingerprint density at radius 1 is 1.00 bits per heavy atom. The lowest BCUT2D eigenvalue weighted by molar-refractivity contribution is 0.216. The van der Waals surface area contributed by atoms with E-state index in [2.05, 4.69) is 17.2 Å². The molecule has 0 aliphatic heterocycles. The van der Waals surface area contributed by atoms with Gasteiger partial charge in [-0.1, -0.05) is 18.2 Å². The van der Waals surface area contributed by atoms with Crippen molar-refractivity contribution in [1.82, 2.24) is 10.3 Å². The van der Waals surface area contributed by atoms with E-state index in [1.54, 1.807) is 6.20 Å². The molecule has 106 valence electrons. The lowest BCUT2D eigenvalue weighted by Crippen LogP contribution is -2.14. The fraction of sp³-hybridized carbons (Fsp3) is 0.312. The van der Waals surface area contributed by atoms with E-state index in [1.807, 2.05) is 49.5 Å². The molecule has 1 aromatic carbocycles. The van der Waals surface area contributed by atoms with Crippen LogP contribution < -0.4 is 14.8 Å². The van der Waals surface area contributed by atoms with Gasteiger partial charge in [0.1, 0.15) is 24.7 Å². The molecule has 0 saturated heterocycles. The van der Waals surface area contributed by atoms with E-state index in [9.17, 15) is 0 Å². The Kier molecular flexibility index (Phi) is 5.38. The largest absolute Gasteiger partial charge is 0.490 e. The average molecular weight is 272 g/mol. The van der Waals surface area contributed by atoms with Crippen LogP contribution >= 0.6 is 0 Å². The van der Waals surface area contributed by atoms with Gasteiger partial charge in [0, 0.05) is 6.04 Å². The second kappa shape index (κ2) is 7.50. The molecule has 0 bridgehead atoms. The smallest absolute Gasteiger partial charge is 0.137 e. The topological polar surface area (TPSA) is 43.4 Å². The lowest BCUT2D eigenvalue weighted by atomic mass is 10.2. The first-order valence-electron chi connectivity index (χ1n) is 6.73. The molecule has 4 nitrogen and oxygen atoms in total. The van der Waals surface area contributed by atoms with Crippen LogP contribution in [0, 0.1) is 0 Å². The van der Waals surface area contributed by atoms with Gasteiger partial charge >= 0.3 is 0 Å². The molecule has 2 aromatic rings. The number of pyridine rings is 1. The number of para-hydroxylation sites is 1. The van der Waals surface area contributed by atoms with Crippen LogP contribution in [-0.2, 0) is 0 Å². The van der Waals surface area contributed by atoms with Crippen LogP contribution in [0.15, 0.2) is 48.7 Å². The maximum atomic E-state index is 5.59. The Bertz CT molecular complexity index is 500. The summed E-state index contributed by atoms with van der Waals surface area (Å²) in [5, 5.41) is 3.15. The Balaban J connectivity index is 1.74. The second-order valence-electron chi connectivity index (χ2n) is 4.44. The zero-order valence-electron chi connectivity index (χ0n) is 11.9. The standard InChI is InChI=1S/C16H20N2O2/c1-13(17-2)16-9-8-15(12-18-16)20-11-10-19-14-6-4-3-5-7-14/h3-9,12-13,17H,10-11H2,1-2H3. The minimum Gasteiger partial charge on any atom is -0.490 e. The highest BCUT2D eigenvalue weighted by Crippen LogP contribution is 2.14. The highest BCUT2D eigenvalue weighted by Gasteiger charge is 2.03. The number of aromatic nitrogens is 1. The van der Waals surface area contributed by atoms with Gasteiger partial charge in [-0.2, -0.15) is 0 Å². The molecule has 20 heavy (non-hydrogen) atoms. The van der Waals surface area contributed by atoms with E-state index in [1.165, 1.54) is 0 Å². The van der Waals surface area contributed by atoms with E-state index in [-0.39, 0.29) is 6.04 Å². The van der Waals surface area contributed by atoms with Crippen LogP contribution in [0.1, 0.15) is 18.7 Å². The Hall–Kier alpha value is -2.07. The number of rotatable bonds is 7. The van der Waals surface area contributed by atoms with E-state index >= 15 is 0 Å². The molecule has 0 spiro atoms. The summed E-state index contributed by atoms with van der Waals surface area (Å²) in [6, 6.07) is 13.8. The van der Waals surface area contributed by atoms with Gasteiger partial charge < -0.3 is 14.8 Å². The first kappa shape index (κ1) is 14.3. The highest BCUT2D eigenvalue weighted by atomic mass is 16.5. The monoisotopic (exact) mass is 272 g/mol. The highest BCUT2D eigenvalue weighted by molar-refractivity contribution is 5.22. The molecule has 4 heteroatoms. The molecule has 0 radical (unpaired) electrons. The molecule has 1 unspecified atom stereocenters. The molecular formula is C16H20N2O2. The van der Waals surface area contributed by atoms with Crippen molar-refractivity contribution in [2.24, 2.45) is 0 Å². The van der Waals surface area contributed by atoms with Crippen LogP contribution in [0.25, 0.3) is 0 Å². The maximum Gasteiger partial charge on any atom is 0.137 e. The second-order valence-corrected chi connectivity index (χ2v) is 4.44.